The van der Waals surface area contributed by atoms with Crippen LogP contribution in [0, 0.1) is 0 Å². The minimum atomic E-state index is -1.67. The maximum absolute atomic E-state index is 12.6. The van der Waals surface area contributed by atoms with Gasteiger partial charge in [-0.1, -0.05) is 19.1 Å². The van der Waals surface area contributed by atoms with Gasteiger partial charge in [-0.15, -0.1) is 6.58 Å². The second-order valence-corrected chi connectivity index (χ2v) is 6.98. The van der Waals surface area contributed by atoms with Crippen LogP contribution >= 0.6 is 0 Å². The SMILES string of the molecule is C=CCN=C1CC23c4c(CC)ccc(O)c4OC2C(=O)CC(O)C13O. The number of hydrogen-bond donors (Lipinski definition) is 3. The zero-order valence-electron chi connectivity index (χ0n) is 14.0. The molecule has 0 amide bonds. The van der Waals surface area contributed by atoms with Crippen LogP contribution < -0.4 is 4.74 Å². The number of carbonyl (C=O) groups is 1. The van der Waals surface area contributed by atoms with Gasteiger partial charge in [-0.2, -0.15) is 0 Å². The molecule has 2 fully saturated rings. The molecule has 25 heavy (non-hydrogen) atoms. The van der Waals surface area contributed by atoms with Crippen LogP contribution in [-0.4, -0.2) is 51.2 Å². The highest BCUT2D eigenvalue weighted by Gasteiger charge is 2.78. The van der Waals surface area contributed by atoms with Gasteiger partial charge >= 0.3 is 0 Å². The minimum Gasteiger partial charge on any atom is -0.504 e. The Morgan fingerprint density at radius 1 is 1.48 bits per heavy atom. The van der Waals surface area contributed by atoms with Crippen LogP contribution in [0.2, 0.25) is 0 Å². The lowest BCUT2D eigenvalue weighted by Gasteiger charge is -2.60. The normalized spacial score (nSPS) is 36.9. The fourth-order valence-corrected chi connectivity index (χ4v) is 4.75. The van der Waals surface area contributed by atoms with Crippen LogP contribution in [0.1, 0.15) is 30.9 Å². The predicted octanol–water partition coefficient (Wildman–Crippen LogP) is 1.05. The number of aromatic hydroxyl groups is 1. The number of aliphatic hydroxyl groups excluding tert-OH is 1. The van der Waals surface area contributed by atoms with Crippen molar-refractivity contribution >= 4 is 11.5 Å². The lowest BCUT2D eigenvalue weighted by atomic mass is 9.44. The monoisotopic (exact) mass is 343 g/mol. The first-order valence-corrected chi connectivity index (χ1v) is 8.51. The first-order valence-electron chi connectivity index (χ1n) is 8.51. The second kappa shape index (κ2) is 5.16. The molecule has 0 saturated heterocycles. The molecule has 3 aliphatic rings. The van der Waals surface area contributed by atoms with E-state index in [4.69, 9.17) is 4.74 Å². The molecule has 0 radical (unpaired) electrons. The van der Waals surface area contributed by atoms with Crippen LogP contribution in [0.4, 0.5) is 0 Å². The quantitative estimate of drug-likeness (QED) is 0.713. The summed E-state index contributed by atoms with van der Waals surface area (Å²) in [5, 5.41) is 32.3. The zero-order valence-corrected chi connectivity index (χ0v) is 14.0. The maximum atomic E-state index is 12.6. The molecule has 1 spiro atoms. The Kier molecular flexibility index (Phi) is 3.36. The fourth-order valence-electron chi connectivity index (χ4n) is 4.75. The molecule has 1 aromatic carbocycles. The number of rotatable bonds is 3. The number of ketones is 1. The van der Waals surface area contributed by atoms with E-state index in [1.54, 1.807) is 12.1 Å². The number of benzene rings is 1. The molecule has 4 unspecified atom stereocenters. The summed E-state index contributed by atoms with van der Waals surface area (Å²) < 4.78 is 5.84. The molecule has 4 rings (SSSR count). The molecule has 1 aromatic rings. The number of nitrogens with zero attached hydrogens (tertiary/aromatic N) is 1. The van der Waals surface area contributed by atoms with Crippen molar-refractivity contribution in [3.63, 3.8) is 0 Å². The van der Waals surface area contributed by atoms with E-state index in [9.17, 15) is 20.1 Å². The molecule has 6 heteroatoms. The van der Waals surface area contributed by atoms with E-state index >= 15 is 0 Å². The molecule has 4 atom stereocenters. The van der Waals surface area contributed by atoms with Gasteiger partial charge in [0.1, 0.15) is 5.60 Å². The van der Waals surface area contributed by atoms with Crippen molar-refractivity contribution in [2.24, 2.45) is 4.99 Å². The number of fused-ring (bicyclic) bond motifs is 1. The Morgan fingerprint density at radius 2 is 2.24 bits per heavy atom. The molecule has 0 bridgehead atoms. The van der Waals surface area contributed by atoms with E-state index in [0.717, 1.165) is 5.56 Å². The van der Waals surface area contributed by atoms with E-state index in [1.807, 2.05) is 6.92 Å². The molecule has 2 saturated carbocycles. The Balaban J connectivity index is 1.97. The summed E-state index contributed by atoms with van der Waals surface area (Å²) in [5.74, 6) is -0.0808. The number of aryl methyl sites for hydroxylation is 1. The molecule has 1 heterocycles. The van der Waals surface area contributed by atoms with Gasteiger partial charge in [0, 0.05) is 24.1 Å². The van der Waals surface area contributed by atoms with Crippen molar-refractivity contribution in [2.75, 3.05) is 6.54 Å². The third-order valence-electron chi connectivity index (χ3n) is 5.88. The number of hydrogen-bond acceptors (Lipinski definition) is 6. The van der Waals surface area contributed by atoms with E-state index in [2.05, 4.69) is 11.6 Å². The highest BCUT2D eigenvalue weighted by Crippen LogP contribution is 2.65. The highest BCUT2D eigenvalue weighted by atomic mass is 16.5. The van der Waals surface area contributed by atoms with Gasteiger partial charge in [0.05, 0.1) is 18.1 Å². The standard InChI is InChI=1S/C19H21NO5/c1-3-7-20-13-9-18-15-10(4-2)5-6-11(21)16(15)25-17(18)12(22)8-14(23)19(13,18)24/h3,5-6,14,17,21,23-24H,1,4,7-9H2,2H3. The number of ether oxygens (including phenoxy) is 1. The van der Waals surface area contributed by atoms with Gasteiger partial charge in [0.2, 0.25) is 0 Å². The van der Waals surface area contributed by atoms with Crippen molar-refractivity contribution in [3.8, 4) is 11.5 Å². The molecule has 2 aliphatic carbocycles. The lowest BCUT2D eigenvalue weighted by Crippen LogP contribution is -2.80. The lowest BCUT2D eigenvalue weighted by molar-refractivity contribution is -0.170. The van der Waals surface area contributed by atoms with E-state index in [0.29, 0.717) is 30.7 Å². The number of aliphatic imine (C=N–C) groups is 1. The Bertz CT molecular complexity index is 816. The van der Waals surface area contributed by atoms with Gasteiger partial charge in [0.25, 0.3) is 0 Å². The second-order valence-electron chi connectivity index (χ2n) is 6.98. The van der Waals surface area contributed by atoms with Gasteiger partial charge in [-0.25, -0.2) is 0 Å². The summed E-state index contributed by atoms with van der Waals surface area (Å²) in [6, 6.07) is 3.32. The molecule has 132 valence electrons. The summed E-state index contributed by atoms with van der Waals surface area (Å²) in [6.45, 7) is 5.91. The molecule has 6 nitrogen and oxygen atoms in total. The number of Topliss-reactive ketones (excluding diaryl/α,β-unsaturated/α-hetero) is 1. The third kappa shape index (κ3) is 1.71. The van der Waals surface area contributed by atoms with Crippen molar-refractivity contribution in [1.82, 2.24) is 0 Å². The third-order valence-corrected chi connectivity index (χ3v) is 5.88. The molecule has 1 aliphatic heterocycles. The summed E-state index contributed by atoms with van der Waals surface area (Å²) in [5.41, 5.74) is -0.788. The average Bonchev–Trinajstić information content (AvgIpc) is 2.96. The molecular formula is C19H21NO5. The Hall–Kier alpha value is -2.18. The van der Waals surface area contributed by atoms with Crippen LogP contribution in [0.25, 0.3) is 0 Å². The Morgan fingerprint density at radius 3 is 2.92 bits per heavy atom. The van der Waals surface area contributed by atoms with Crippen molar-refractivity contribution in [1.29, 1.82) is 0 Å². The first-order chi connectivity index (χ1) is 11.9. The number of phenols is 1. The summed E-state index contributed by atoms with van der Waals surface area (Å²) in [4.78, 5) is 16.9. The highest BCUT2D eigenvalue weighted by molar-refractivity contribution is 6.09. The van der Waals surface area contributed by atoms with Gasteiger partial charge in [-0.05, 0) is 18.1 Å². The van der Waals surface area contributed by atoms with Crippen molar-refractivity contribution < 1.29 is 24.9 Å². The predicted molar refractivity (Wildman–Crippen MR) is 91.3 cm³/mol. The largest absolute Gasteiger partial charge is 0.504 e. The smallest absolute Gasteiger partial charge is 0.177 e. The van der Waals surface area contributed by atoms with Gasteiger partial charge < -0.3 is 20.1 Å². The zero-order chi connectivity index (χ0) is 18.0. The van der Waals surface area contributed by atoms with Crippen molar-refractivity contribution in [3.05, 3.63) is 35.9 Å². The van der Waals surface area contributed by atoms with E-state index < -0.39 is 23.2 Å². The van der Waals surface area contributed by atoms with Crippen LogP contribution in [0.3, 0.4) is 0 Å². The van der Waals surface area contributed by atoms with E-state index in [-0.39, 0.29) is 23.7 Å². The summed E-state index contributed by atoms with van der Waals surface area (Å²) in [7, 11) is 0. The summed E-state index contributed by atoms with van der Waals surface area (Å²) >= 11 is 0. The molecular weight excluding hydrogens is 322 g/mol. The van der Waals surface area contributed by atoms with Crippen LogP contribution in [0.5, 0.6) is 11.5 Å². The number of phenolic OH excluding ortho intramolecular Hbond substituents is 1. The van der Waals surface area contributed by atoms with Crippen molar-refractivity contribution in [2.45, 2.75) is 49.4 Å². The molecule has 3 N–H and O–H groups in total. The fraction of sp³-hybridized carbons (Fsp3) is 0.474. The first kappa shape index (κ1) is 16.3. The number of aliphatic hydroxyl groups is 2. The van der Waals surface area contributed by atoms with E-state index in [1.165, 1.54) is 6.07 Å². The Labute approximate surface area is 145 Å². The topological polar surface area (TPSA) is 99.4 Å². The number of carbonyl (C=O) groups excluding carboxylic acids is 1. The van der Waals surface area contributed by atoms with Gasteiger partial charge in [-0.3, -0.25) is 9.79 Å². The van der Waals surface area contributed by atoms with Gasteiger partial charge in [0.15, 0.2) is 23.4 Å². The maximum Gasteiger partial charge on any atom is 0.177 e. The summed E-state index contributed by atoms with van der Waals surface area (Å²) in [6.07, 6.45) is 0.203. The van der Waals surface area contributed by atoms with Crippen LogP contribution in [-0.2, 0) is 16.6 Å². The average molecular weight is 343 g/mol. The van der Waals surface area contributed by atoms with Crippen LogP contribution in [0.15, 0.2) is 29.8 Å². The molecule has 0 aromatic heterocycles. The minimum absolute atomic E-state index is 0.0582.